The first-order valence-corrected chi connectivity index (χ1v) is 10.5. The number of esters is 1. The molecule has 0 saturated carbocycles. The number of ether oxygens (including phenoxy) is 3. The van der Waals surface area contributed by atoms with Gasteiger partial charge in [-0.15, -0.1) is 0 Å². The van der Waals surface area contributed by atoms with Crippen LogP contribution in [0.1, 0.15) is 41.6 Å². The lowest BCUT2D eigenvalue weighted by Crippen LogP contribution is -2.38. The van der Waals surface area contributed by atoms with Crippen molar-refractivity contribution in [3.05, 3.63) is 41.5 Å². The predicted octanol–water partition coefficient (Wildman–Crippen LogP) is 2.97. The van der Waals surface area contributed by atoms with Gasteiger partial charge in [0.1, 0.15) is 23.7 Å². The van der Waals surface area contributed by atoms with Gasteiger partial charge in [0.05, 0.1) is 19.8 Å². The molecular formula is C23H29NO6. The number of fused-ring (bicyclic) bond motifs is 1. The van der Waals surface area contributed by atoms with E-state index in [1.165, 1.54) is 12.1 Å². The minimum atomic E-state index is -0.594. The van der Waals surface area contributed by atoms with E-state index in [1.807, 2.05) is 6.08 Å². The number of phenolic OH excluding ortho intramolecular Hbond substituents is 1. The van der Waals surface area contributed by atoms with Crippen molar-refractivity contribution < 1.29 is 28.9 Å². The Labute approximate surface area is 176 Å². The third-order valence-electron chi connectivity index (χ3n) is 5.02. The summed E-state index contributed by atoms with van der Waals surface area (Å²) in [4.78, 5) is 26.5. The maximum Gasteiger partial charge on any atom is 0.342 e. The molecule has 1 fully saturated rings. The fourth-order valence-corrected chi connectivity index (χ4v) is 3.37. The van der Waals surface area contributed by atoms with E-state index in [1.54, 1.807) is 18.2 Å². The average Bonchev–Trinajstić information content (AvgIpc) is 2.73. The number of phenols is 1. The molecule has 0 aromatic heterocycles. The molecule has 0 unspecified atom stereocenters. The number of ketones is 1. The summed E-state index contributed by atoms with van der Waals surface area (Å²) < 4.78 is 16.4. The number of hydrogen-bond acceptors (Lipinski definition) is 7. The van der Waals surface area contributed by atoms with E-state index in [0.717, 1.165) is 39.3 Å². The Morgan fingerprint density at radius 1 is 1.03 bits per heavy atom. The van der Waals surface area contributed by atoms with Gasteiger partial charge in [-0.25, -0.2) is 4.79 Å². The molecule has 0 radical (unpaired) electrons. The molecule has 0 bridgehead atoms. The van der Waals surface area contributed by atoms with E-state index in [9.17, 15) is 14.7 Å². The van der Waals surface area contributed by atoms with Gasteiger partial charge in [0.15, 0.2) is 5.78 Å². The van der Waals surface area contributed by atoms with Crippen LogP contribution in [0.15, 0.2) is 30.4 Å². The second kappa shape index (κ2) is 11.5. The third-order valence-corrected chi connectivity index (χ3v) is 5.02. The van der Waals surface area contributed by atoms with E-state index < -0.39 is 5.97 Å². The number of morpholine rings is 1. The van der Waals surface area contributed by atoms with Crippen LogP contribution in [-0.4, -0.2) is 67.8 Å². The molecule has 162 valence electrons. The van der Waals surface area contributed by atoms with Crippen molar-refractivity contribution >= 4 is 17.8 Å². The lowest BCUT2D eigenvalue weighted by atomic mass is 10.0. The highest BCUT2D eigenvalue weighted by atomic mass is 16.5. The number of allylic oxidation sites excluding steroid dienone is 2. The Morgan fingerprint density at radius 2 is 1.83 bits per heavy atom. The molecule has 0 spiro atoms. The average molecular weight is 415 g/mol. The molecule has 2 aliphatic heterocycles. The summed E-state index contributed by atoms with van der Waals surface area (Å²) in [5.41, 5.74) is 0.671. The lowest BCUT2D eigenvalue weighted by Gasteiger charge is -2.26. The van der Waals surface area contributed by atoms with Crippen molar-refractivity contribution in [1.82, 2.24) is 4.90 Å². The van der Waals surface area contributed by atoms with Crippen LogP contribution in [0.3, 0.4) is 0 Å². The molecule has 0 aliphatic carbocycles. The van der Waals surface area contributed by atoms with Gasteiger partial charge in [-0.2, -0.15) is 0 Å². The van der Waals surface area contributed by atoms with Gasteiger partial charge in [-0.3, -0.25) is 9.69 Å². The number of hydrogen-bond donors (Lipinski definition) is 1. The normalized spacial score (nSPS) is 21.2. The van der Waals surface area contributed by atoms with Crippen LogP contribution in [0, 0.1) is 0 Å². The Kier molecular flexibility index (Phi) is 8.47. The minimum Gasteiger partial charge on any atom is -0.507 e. The van der Waals surface area contributed by atoms with Gasteiger partial charge < -0.3 is 19.3 Å². The zero-order chi connectivity index (χ0) is 21.2. The Hall–Kier alpha value is -2.64. The van der Waals surface area contributed by atoms with Crippen LogP contribution in [-0.2, 0) is 14.3 Å². The number of carbonyl (C=O) groups is 2. The topological polar surface area (TPSA) is 85.3 Å². The first kappa shape index (κ1) is 22.1. The third kappa shape index (κ3) is 6.71. The Bertz CT molecular complexity index is 795. The molecule has 3 rings (SSSR count). The van der Waals surface area contributed by atoms with Crippen molar-refractivity contribution in [2.45, 2.75) is 25.7 Å². The van der Waals surface area contributed by atoms with E-state index in [2.05, 4.69) is 4.90 Å². The van der Waals surface area contributed by atoms with E-state index in [4.69, 9.17) is 14.2 Å². The van der Waals surface area contributed by atoms with E-state index in [-0.39, 0.29) is 23.7 Å². The number of cyclic esters (lactones) is 1. The standard InChI is InChI=1S/C23H29NO6/c25-19-7-3-1-2-6-18-16-20(29-15-11-24-9-13-28-14-10-24)17-21(26)22(18)23(27)30-12-5-4-8-19/h2,4,6,8,16-17,26H,1,3,5,7,9-15H2/b6-2+,8-4-. The fourth-order valence-electron chi connectivity index (χ4n) is 3.37. The van der Waals surface area contributed by atoms with Crippen LogP contribution in [0.5, 0.6) is 11.5 Å². The van der Waals surface area contributed by atoms with Gasteiger partial charge in [0, 0.05) is 32.1 Å². The van der Waals surface area contributed by atoms with Crippen LogP contribution >= 0.6 is 0 Å². The van der Waals surface area contributed by atoms with Gasteiger partial charge in [-0.1, -0.05) is 18.2 Å². The summed E-state index contributed by atoms with van der Waals surface area (Å²) in [6, 6.07) is 3.19. The molecule has 7 heteroatoms. The second-order valence-corrected chi connectivity index (χ2v) is 7.30. The van der Waals surface area contributed by atoms with Gasteiger partial charge in [0.2, 0.25) is 0 Å². The smallest absolute Gasteiger partial charge is 0.342 e. The lowest BCUT2D eigenvalue weighted by molar-refractivity contribution is -0.114. The maximum atomic E-state index is 12.5. The molecule has 7 nitrogen and oxygen atoms in total. The molecule has 2 aliphatic rings. The van der Waals surface area contributed by atoms with Crippen molar-refractivity contribution in [2.24, 2.45) is 0 Å². The number of rotatable bonds is 4. The number of aromatic hydroxyl groups is 1. The Balaban J connectivity index is 1.72. The van der Waals surface area contributed by atoms with Gasteiger partial charge in [-0.05, 0) is 37.0 Å². The molecule has 0 amide bonds. The van der Waals surface area contributed by atoms with Crippen molar-refractivity contribution in [3.63, 3.8) is 0 Å². The highest BCUT2D eigenvalue weighted by molar-refractivity contribution is 5.97. The van der Waals surface area contributed by atoms with Crippen molar-refractivity contribution in [2.75, 3.05) is 46.1 Å². The highest BCUT2D eigenvalue weighted by Gasteiger charge is 2.19. The van der Waals surface area contributed by atoms with Gasteiger partial charge in [0.25, 0.3) is 0 Å². The summed E-state index contributed by atoms with van der Waals surface area (Å²) in [6.07, 6.45) is 9.26. The molecule has 1 aromatic rings. The second-order valence-electron chi connectivity index (χ2n) is 7.30. The number of benzene rings is 1. The van der Waals surface area contributed by atoms with Gasteiger partial charge >= 0.3 is 5.97 Å². The van der Waals surface area contributed by atoms with Crippen LogP contribution in [0.4, 0.5) is 0 Å². The zero-order valence-corrected chi connectivity index (χ0v) is 17.2. The number of carbonyl (C=O) groups excluding carboxylic acids is 2. The predicted molar refractivity (Wildman–Crippen MR) is 113 cm³/mol. The molecule has 30 heavy (non-hydrogen) atoms. The fraction of sp³-hybridized carbons (Fsp3) is 0.478. The van der Waals surface area contributed by atoms with E-state index >= 15 is 0 Å². The Morgan fingerprint density at radius 3 is 2.67 bits per heavy atom. The van der Waals surface area contributed by atoms with E-state index in [0.29, 0.717) is 37.2 Å². The molecule has 1 N–H and O–H groups in total. The SMILES string of the molecule is O=C1/C=C\CCOC(=O)c2c(O)cc(OCCN3CCOCC3)cc2/C=C/CCC1. The minimum absolute atomic E-state index is 0.0702. The largest absolute Gasteiger partial charge is 0.507 e. The van der Waals surface area contributed by atoms with Crippen LogP contribution in [0.2, 0.25) is 0 Å². The molecule has 1 aromatic carbocycles. The number of nitrogens with zero attached hydrogens (tertiary/aromatic N) is 1. The quantitative estimate of drug-likeness (QED) is 0.757. The van der Waals surface area contributed by atoms with Crippen LogP contribution < -0.4 is 4.74 Å². The molecule has 2 heterocycles. The highest BCUT2D eigenvalue weighted by Crippen LogP contribution is 2.30. The summed E-state index contributed by atoms with van der Waals surface area (Å²) >= 11 is 0. The van der Waals surface area contributed by atoms with Crippen molar-refractivity contribution in [3.8, 4) is 11.5 Å². The summed E-state index contributed by atoms with van der Waals surface area (Å²) in [5.74, 6) is -0.192. The molecular weight excluding hydrogens is 386 g/mol. The molecule has 1 saturated heterocycles. The van der Waals surface area contributed by atoms with Crippen molar-refractivity contribution in [1.29, 1.82) is 0 Å². The summed E-state index contributed by atoms with van der Waals surface area (Å²) in [5, 5.41) is 10.5. The summed E-state index contributed by atoms with van der Waals surface area (Å²) in [6.45, 7) is 4.60. The van der Waals surface area contributed by atoms with Crippen LogP contribution in [0.25, 0.3) is 6.08 Å². The first-order chi connectivity index (χ1) is 14.6. The molecule has 0 atom stereocenters. The zero-order valence-electron chi connectivity index (χ0n) is 17.2. The maximum absolute atomic E-state index is 12.5. The monoisotopic (exact) mass is 415 g/mol. The first-order valence-electron chi connectivity index (χ1n) is 10.5. The summed E-state index contributed by atoms with van der Waals surface area (Å²) in [7, 11) is 0.